The molecule has 0 unspecified atom stereocenters. The molecule has 0 radical (unpaired) electrons. The Labute approximate surface area is 235 Å². The lowest BCUT2D eigenvalue weighted by Gasteiger charge is -2.25. The van der Waals surface area contributed by atoms with Crippen LogP contribution in [0.1, 0.15) is 53.1 Å². The van der Waals surface area contributed by atoms with Crippen molar-refractivity contribution in [3.8, 4) is 16.9 Å². The quantitative estimate of drug-likeness (QED) is 0.251. The summed E-state index contributed by atoms with van der Waals surface area (Å²) in [6.07, 6.45) is -16.3. The van der Waals surface area contributed by atoms with Gasteiger partial charge in [0.1, 0.15) is 5.75 Å². The van der Waals surface area contributed by atoms with Gasteiger partial charge in [-0.25, -0.2) is 4.79 Å². The second-order valence-corrected chi connectivity index (χ2v) is 9.72. The number of rotatable bonds is 7. The van der Waals surface area contributed by atoms with Gasteiger partial charge in [0.15, 0.2) is 0 Å². The molecule has 0 atom stereocenters. The third-order valence-corrected chi connectivity index (χ3v) is 6.43. The molecule has 0 N–H and O–H groups in total. The molecule has 0 aliphatic heterocycles. The van der Waals surface area contributed by atoms with E-state index >= 15 is 0 Å². The van der Waals surface area contributed by atoms with E-state index in [9.17, 15) is 44.3 Å². The molecule has 0 aliphatic rings. The highest BCUT2D eigenvalue weighted by Gasteiger charge is 2.37. The minimum absolute atomic E-state index is 0.0165. The van der Waals surface area contributed by atoms with Crippen LogP contribution in [0.3, 0.4) is 0 Å². The van der Waals surface area contributed by atoms with Gasteiger partial charge in [-0.3, -0.25) is 4.90 Å². The van der Waals surface area contributed by atoms with Gasteiger partial charge < -0.3 is 9.47 Å². The van der Waals surface area contributed by atoms with Gasteiger partial charge >= 0.3 is 24.6 Å². The summed E-state index contributed by atoms with van der Waals surface area (Å²) in [7, 11) is 2.27. The molecule has 0 heterocycles. The van der Waals surface area contributed by atoms with Crippen LogP contribution in [0.4, 0.5) is 44.3 Å². The van der Waals surface area contributed by atoms with Crippen LogP contribution in [0.2, 0.25) is 0 Å². The van der Waals surface area contributed by atoms with Gasteiger partial charge in [0.2, 0.25) is 0 Å². The maximum atomic E-state index is 13.7. The summed E-state index contributed by atoms with van der Waals surface area (Å²) in [4.78, 5) is 13.4. The van der Waals surface area contributed by atoms with Crippen molar-refractivity contribution in [2.24, 2.45) is 0 Å². The molecule has 3 aromatic carbocycles. The lowest BCUT2D eigenvalue weighted by atomic mass is 9.92. The molecule has 0 aromatic heterocycles. The Morgan fingerprint density at radius 2 is 1.29 bits per heavy atom. The number of carbonyl (C=O) groups excluding carboxylic acids is 1. The van der Waals surface area contributed by atoms with Gasteiger partial charge in [0.05, 0.1) is 30.9 Å². The Kier molecular flexibility index (Phi) is 9.43. The number of alkyl halides is 9. The molecule has 1 amide bonds. The highest BCUT2D eigenvalue weighted by Crippen LogP contribution is 2.40. The molecule has 228 valence electrons. The number of benzene rings is 3. The molecule has 0 fully saturated rings. The molecule has 4 nitrogen and oxygen atoms in total. The molecule has 42 heavy (non-hydrogen) atoms. The third kappa shape index (κ3) is 7.68. The van der Waals surface area contributed by atoms with Crippen molar-refractivity contribution in [2.45, 2.75) is 51.4 Å². The molecule has 0 saturated heterocycles. The van der Waals surface area contributed by atoms with E-state index in [1.165, 1.54) is 13.2 Å². The van der Waals surface area contributed by atoms with E-state index in [1.807, 2.05) is 13.8 Å². The standard InChI is InChI=1S/C29H26F9NO3/c1-16(2)18-5-8-25(41-3)24(12-18)23-7-6-20(27(30,31)32)11-19(23)15-39(26(40)42-4)14-17-9-21(28(33,34)35)13-22(10-17)29(36,37)38/h5-13,16H,14-15H2,1-4H3. The fourth-order valence-electron chi connectivity index (χ4n) is 4.31. The first kappa shape index (κ1) is 32.6. The van der Waals surface area contributed by atoms with Crippen molar-refractivity contribution in [3.05, 3.63) is 88.0 Å². The number of carbonyl (C=O) groups is 1. The van der Waals surface area contributed by atoms with Crippen molar-refractivity contribution in [1.29, 1.82) is 0 Å². The van der Waals surface area contributed by atoms with E-state index in [-0.39, 0.29) is 28.9 Å². The van der Waals surface area contributed by atoms with E-state index in [2.05, 4.69) is 4.74 Å². The Bertz CT molecular complexity index is 1400. The Morgan fingerprint density at radius 3 is 1.76 bits per heavy atom. The van der Waals surface area contributed by atoms with Crippen molar-refractivity contribution in [1.82, 2.24) is 4.90 Å². The smallest absolute Gasteiger partial charge is 0.416 e. The van der Waals surface area contributed by atoms with Crippen LogP contribution in [0.15, 0.2) is 54.6 Å². The predicted octanol–water partition coefficient (Wildman–Crippen LogP) is 9.31. The van der Waals surface area contributed by atoms with Crippen LogP contribution in [0, 0.1) is 0 Å². The predicted molar refractivity (Wildman–Crippen MR) is 136 cm³/mol. The van der Waals surface area contributed by atoms with Crippen LogP contribution < -0.4 is 4.74 Å². The number of halogens is 9. The van der Waals surface area contributed by atoms with Crippen molar-refractivity contribution >= 4 is 6.09 Å². The highest BCUT2D eigenvalue weighted by atomic mass is 19.4. The molecule has 0 saturated carbocycles. The molecule has 3 rings (SSSR count). The summed E-state index contributed by atoms with van der Waals surface area (Å²) in [5, 5.41) is 0. The van der Waals surface area contributed by atoms with Gasteiger partial charge in [-0.1, -0.05) is 26.0 Å². The number of methoxy groups -OCH3 is 2. The Balaban J connectivity index is 2.20. The maximum Gasteiger partial charge on any atom is 0.416 e. The topological polar surface area (TPSA) is 38.8 Å². The zero-order valence-corrected chi connectivity index (χ0v) is 22.8. The zero-order valence-electron chi connectivity index (χ0n) is 22.8. The summed E-state index contributed by atoms with van der Waals surface area (Å²) < 4.78 is 132. The fraction of sp³-hybridized carbons (Fsp3) is 0.345. The van der Waals surface area contributed by atoms with E-state index in [0.717, 1.165) is 24.8 Å². The highest BCUT2D eigenvalue weighted by molar-refractivity contribution is 5.76. The van der Waals surface area contributed by atoms with Gasteiger partial charge in [0.25, 0.3) is 0 Å². The third-order valence-electron chi connectivity index (χ3n) is 6.43. The van der Waals surface area contributed by atoms with Gasteiger partial charge in [-0.2, -0.15) is 39.5 Å². The zero-order chi connectivity index (χ0) is 31.6. The molecular weight excluding hydrogens is 581 g/mol. The van der Waals surface area contributed by atoms with Crippen LogP contribution in [-0.2, 0) is 36.4 Å². The average Bonchev–Trinajstić information content (AvgIpc) is 2.90. The van der Waals surface area contributed by atoms with Crippen molar-refractivity contribution in [3.63, 3.8) is 0 Å². The number of hydrogen-bond acceptors (Lipinski definition) is 3. The van der Waals surface area contributed by atoms with E-state index in [1.54, 1.807) is 18.2 Å². The molecule has 3 aromatic rings. The first-order chi connectivity index (χ1) is 19.3. The second kappa shape index (κ2) is 12.1. The number of ether oxygens (including phenoxy) is 2. The lowest BCUT2D eigenvalue weighted by Crippen LogP contribution is -2.30. The summed E-state index contributed by atoms with van der Waals surface area (Å²) in [5.74, 6) is 0.306. The average molecular weight is 608 g/mol. The minimum Gasteiger partial charge on any atom is -0.496 e. The molecule has 0 bridgehead atoms. The maximum absolute atomic E-state index is 13.7. The van der Waals surface area contributed by atoms with Crippen LogP contribution >= 0.6 is 0 Å². The van der Waals surface area contributed by atoms with E-state index in [0.29, 0.717) is 22.6 Å². The summed E-state index contributed by atoms with van der Waals surface area (Å²) in [6.45, 7) is 2.29. The summed E-state index contributed by atoms with van der Waals surface area (Å²) >= 11 is 0. The van der Waals surface area contributed by atoms with Gasteiger partial charge in [-0.05, 0) is 70.6 Å². The van der Waals surface area contributed by atoms with Crippen molar-refractivity contribution in [2.75, 3.05) is 14.2 Å². The molecular formula is C29H26F9NO3. The summed E-state index contributed by atoms with van der Waals surface area (Å²) in [6, 6.07) is 8.65. The number of nitrogens with zero attached hydrogens (tertiary/aromatic N) is 1. The largest absolute Gasteiger partial charge is 0.496 e. The first-order valence-electron chi connectivity index (χ1n) is 12.3. The lowest BCUT2D eigenvalue weighted by molar-refractivity contribution is -0.143. The number of hydrogen-bond donors (Lipinski definition) is 0. The Morgan fingerprint density at radius 1 is 0.714 bits per heavy atom. The second-order valence-electron chi connectivity index (χ2n) is 9.72. The van der Waals surface area contributed by atoms with Crippen molar-refractivity contribution < 1.29 is 53.8 Å². The number of amides is 1. The van der Waals surface area contributed by atoms with Crippen LogP contribution in [0.25, 0.3) is 11.1 Å². The molecule has 13 heteroatoms. The van der Waals surface area contributed by atoms with Gasteiger partial charge in [-0.15, -0.1) is 0 Å². The Hall–Kier alpha value is -3.90. The minimum atomic E-state index is -5.14. The fourth-order valence-corrected chi connectivity index (χ4v) is 4.31. The SMILES string of the molecule is COC(=O)N(Cc1cc(C(F)(F)F)cc(C(F)(F)F)c1)Cc1cc(C(F)(F)F)ccc1-c1cc(C(C)C)ccc1OC. The van der Waals surface area contributed by atoms with E-state index < -0.39 is 60.0 Å². The van der Waals surface area contributed by atoms with Gasteiger partial charge in [0, 0.05) is 18.7 Å². The normalized spacial score (nSPS) is 12.4. The molecule has 0 aliphatic carbocycles. The van der Waals surface area contributed by atoms with Crippen LogP contribution in [0.5, 0.6) is 5.75 Å². The van der Waals surface area contributed by atoms with Crippen LogP contribution in [-0.4, -0.2) is 25.2 Å². The first-order valence-corrected chi connectivity index (χ1v) is 12.3. The summed E-state index contributed by atoms with van der Waals surface area (Å²) in [5.41, 5.74) is -3.56. The molecule has 0 spiro atoms. The monoisotopic (exact) mass is 607 g/mol. The van der Waals surface area contributed by atoms with E-state index in [4.69, 9.17) is 4.74 Å².